The number of carbonyl (C=O) groups excluding carboxylic acids is 1. The van der Waals surface area contributed by atoms with Gasteiger partial charge in [0.1, 0.15) is 6.29 Å². The summed E-state index contributed by atoms with van der Waals surface area (Å²) in [7, 11) is 4.09. The first-order chi connectivity index (χ1) is 11.2. The van der Waals surface area contributed by atoms with Gasteiger partial charge in [-0.15, -0.1) is 0 Å². The maximum atomic E-state index is 10.7. The van der Waals surface area contributed by atoms with Crippen molar-refractivity contribution in [1.29, 1.82) is 0 Å². The topological polar surface area (TPSA) is 23.6 Å². The lowest BCUT2D eigenvalue weighted by Gasteiger charge is -2.37. The molecular weight excluding hydrogens is 284 g/mol. The van der Waals surface area contributed by atoms with Crippen LogP contribution in [0.2, 0.25) is 0 Å². The van der Waals surface area contributed by atoms with E-state index in [1.165, 1.54) is 22.4 Å². The summed E-state index contributed by atoms with van der Waals surface area (Å²) < 4.78 is 0. The van der Waals surface area contributed by atoms with Crippen LogP contribution >= 0.6 is 0 Å². The number of benzene rings is 2. The summed E-state index contributed by atoms with van der Waals surface area (Å²) in [4.78, 5) is 15.1. The number of anilines is 1. The Bertz CT molecular complexity index is 704. The average molecular weight is 306 g/mol. The maximum Gasteiger partial charge on any atom is 0.144 e. The number of aldehydes is 1. The molecule has 2 aromatic rings. The van der Waals surface area contributed by atoms with Crippen molar-refractivity contribution in [1.82, 2.24) is 4.90 Å². The van der Waals surface area contributed by atoms with E-state index in [2.05, 4.69) is 58.3 Å². The Balaban J connectivity index is 2.03. The van der Waals surface area contributed by atoms with E-state index in [1.54, 1.807) is 6.08 Å². The Morgan fingerprint density at radius 3 is 2.52 bits per heavy atom. The van der Waals surface area contributed by atoms with Crippen LogP contribution in [-0.4, -0.2) is 31.8 Å². The van der Waals surface area contributed by atoms with Crippen molar-refractivity contribution in [3.8, 4) is 0 Å². The van der Waals surface area contributed by atoms with Crippen LogP contribution in [0.5, 0.6) is 0 Å². The van der Waals surface area contributed by atoms with Gasteiger partial charge >= 0.3 is 0 Å². The molecule has 3 heteroatoms. The van der Waals surface area contributed by atoms with E-state index in [4.69, 9.17) is 0 Å². The van der Waals surface area contributed by atoms with E-state index in [-0.39, 0.29) is 6.04 Å². The lowest BCUT2D eigenvalue weighted by atomic mass is 9.88. The predicted octanol–water partition coefficient (Wildman–Crippen LogP) is 3.41. The van der Waals surface area contributed by atoms with E-state index < -0.39 is 0 Å². The molecule has 1 unspecified atom stereocenters. The Hall–Kier alpha value is -2.55. The van der Waals surface area contributed by atoms with Gasteiger partial charge in [-0.25, -0.2) is 0 Å². The number of nitrogens with zero attached hydrogens (tertiary/aromatic N) is 2. The number of hydrogen-bond donors (Lipinski definition) is 0. The summed E-state index contributed by atoms with van der Waals surface area (Å²) in [5.74, 6) is 0. The molecule has 0 fully saturated rings. The fourth-order valence-electron chi connectivity index (χ4n) is 3.22. The molecule has 0 radical (unpaired) electrons. The molecule has 0 aliphatic carbocycles. The zero-order valence-corrected chi connectivity index (χ0v) is 13.6. The van der Waals surface area contributed by atoms with Crippen molar-refractivity contribution in [2.45, 2.75) is 12.5 Å². The molecule has 2 aromatic carbocycles. The molecular formula is C20H22N2O. The van der Waals surface area contributed by atoms with Crippen LogP contribution in [0.25, 0.3) is 0 Å². The zero-order valence-electron chi connectivity index (χ0n) is 13.6. The normalized spacial score (nSPS) is 17.1. The molecule has 1 aliphatic heterocycles. The highest BCUT2D eigenvalue weighted by atomic mass is 16.1. The Labute approximate surface area is 137 Å². The van der Waals surface area contributed by atoms with Crippen molar-refractivity contribution < 1.29 is 4.79 Å². The minimum absolute atomic E-state index is 0.160. The van der Waals surface area contributed by atoms with Crippen molar-refractivity contribution in [3.05, 3.63) is 77.5 Å². The van der Waals surface area contributed by atoms with Gasteiger partial charge in [-0.05, 0) is 41.3 Å². The van der Waals surface area contributed by atoms with Gasteiger partial charge in [0.05, 0.1) is 6.04 Å². The molecule has 23 heavy (non-hydrogen) atoms. The van der Waals surface area contributed by atoms with E-state index in [9.17, 15) is 4.79 Å². The smallest absolute Gasteiger partial charge is 0.144 e. The zero-order chi connectivity index (χ0) is 16.2. The molecule has 3 rings (SSSR count). The summed E-state index contributed by atoms with van der Waals surface area (Å²) in [5, 5.41) is 0. The molecule has 0 spiro atoms. The minimum Gasteiger partial charge on any atom is -0.378 e. The monoisotopic (exact) mass is 306 g/mol. The quantitative estimate of drug-likeness (QED) is 0.639. The highest BCUT2D eigenvalue weighted by Crippen LogP contribution is 2.35. The molecule has 1 aliphatic rings. The molecule has 0 saturated heterocycles. The second-order valence-corrected chi connectivity index (χ2v) is 6.05. The minimum atomic E-state index is 0.160. The second-order valence-electron chi connectivity index (χ2n) is 6.05. The molecule has 1 atom stereocenters. The highest BCUT2D eigenvalue weighted by Gasteiger charge is 2.26. The summed E-state index contributed by atoms with van der Waals surface area (Å²) in [6.45, 7) is 0.918. The third-order valence-electron chi connectivity index (χ3n) is 4.40. The third kappa shape index (κ3) is 3.14. The number of rotatable bonds is 4. The first-order valence-corrected chi connectivity index (χ1v) is 7.93. The molecule has 1 heterocycles. The van der Waals surface area contributed by atoms with Gasteiger partial charge in [0.2, 0.25) is 0 Å². The van der Waals surface area contributed by atoms with E-state index in [0.29, 0.717) is 0 Å². The molecule has 0 aromatic heterocycles. The summed E-state index contributed by atoms with van der Waals surface area (Å²) in [5.41, 5.74) is 5.16. The number of carbonyl (C=O) groups is 1. The lowest BCUT2D eigenvalue weighted by molar-refractivity contribution is -0.104. The third-order valence-corrected chi connectivity index (χ3v) is 4.40. The van der Waals surface area contributed by atoms with E-state index >= 15 is 0 Å². The van der Waals surface area contributed by atoms with Crippen LogP contribution in [-0.2, 0) is 11.2 Å². The van der Waals surface area contributed by atoms with E-state index in [0.717, 1.165) is 19.3 Å². The Kier molecular flexibility index (Phi) is 4.47. The van der Waals surface area contributed by atoms with E-state index in [1.807, 2.05) is 20.3 Å². The first-order valence-electron chi connectivity index (χ1n) is 7.93. The Morgan fingerprint density at radius 1 is 1.09 bits per heavy atom. The first kappa shape index (κ1) is 15.3. The number of fused-ring (bicyclic) bond motifs is 1. The summed E-state index contributed by atoms with van der Waals surface area (Å²) in [6.07, 6.45) is 5.33. The summed E-state index contributed by atoms with van der Waals surface area (Å²) in [6, 6.07) is 17.4. The van der Waals surface area contributed by atoms with Gasteiger partial charge < -0.3 is 9.80 Å². The standard InChI is InChI=1S/C20H22N2O/c1-21(2)18-10-8-17(9-11-18)20-19-7-4-3-6-16(19)12-14-22(20)13-5-15-23/h3-11,13,15,20H,12,14H2,1-2H3. The van der Waals surface area contributed by atoms with Crippen molar-refractivity contribution in [2.75, 3.05) is 25.5 Å². The maximum absolute atomic E-state index is 10.7. The fourth-order valence-corrected chi connectivity index (χ4v) is 3.22. The molecule has 0 N–H and O–H groups in total. The van der Waals surface area contributed by atoms with Crippen molar-refractivity contribution >= 4 is 12.0 Å². The second kappa shape index (κ2) is 6.69. The van der Waals surface area contributed by atoms with Crippen LogP contribution < -0.4 is 4.90 Å². The molecule has 0 amide bonds. The van der Waals surface area contributed by atoms with Gasteiger partial charge in [-0.3, -0.25) is 4.79 Å². The van der Waals surface area contributed by atoms with Crippen LogP contribution in [0.1, 0.15) is 22.7 Å². The van der Waals surface area contributed by atoms with Crippen LogP contribution in [0.4, 0.5) is 5.69 Å². The van der Waals surface area contributed by atoms with Gasteiger partial charge in [-0.1, -0.05) is 36.4 Å². The molecule has 118 valence electrons. The SMILES string of the molecule is CN(C)c1ccc(C2c3ccccc3CCN2C=CC=O)cc1. The Morgan fingerprint density at radius 2 is 1.83 bits per heavy atom. The number of allylic oxidation sites excluding steroid dienone is 1. The number of hydrogen-bond acceptors (Lipinski definition) is 3. The predicted molar refractivity (Wildman–Crippen MR) is 94.7 cm³/mol. The van der Waals surface area contributed by atoms with Crippen LogP contribution in [0, 0.1) is 0 Å². The van der Waals surface area contributed by atoms with Gasteiger partial charge in [0.25, 0.3) is 0 Å². The molecule has 0 bridgehead atoms. The molecule has 3 nitrogen and oxygen atoms in total. The highest BCUT2D eigenvalue weighted by molar-refractivity contribution is 5.64. The van der Waals surface area contributed by atoms with Gasteiger partial charge in [0, 0.05) is 32.5 Å². The summed E-state index contributed by atoms with van der Waals surface area (Å²) >= 11 is 0. The van der Waals surface area contributed by atoms with Crippen LogP contribution in [0.3, 0.4) is 0 Å². The van der Waals surface area contributed by atoms with Crippen molar-refractivity contribution in [2.24, 2.45) is 0 Å². The van der Waals surface area contributed by atoms with Crippen molar-refractivity contribution in [3.63, 3.8) is 0 Å². The average Bonchev–Trinajstić information content (AvgIpc) is 2.59. The molecule has 0 saturated carbocycles. The van der Waals surface area contributed by atoms with Gasteiger partial charge in [-0.2, -0.15) is 0 Å². The van der Waals surface area contributed by atoms with Crippen LogP contribution in [0.15, 0.2) is 60.8 Å². The lowest BCUT2D eigenvalue weighted by Crippen LogP contribution is -2.32. The fraction of sp³-hybridized carbons (Fsp3) is 0.250. The largest absolute Gasteiger partial charge is 0.378 e. The van der Waals surface area contributed by atoms with Gasteiger partial charge in [0.15, 0.2) is 0 Å².